The quantitative estimate of drug-likeness (QED) is 0.568. The van der Waals surface area contributed by atoms with Crippen molar-refractivity contribution in [1.82, 2.24) is 0 Å². The number of carbonyl (C=O) groups is 3. The minimum atomic E-state index is -1.17. The van der Waals surface area contributed by atoms with Crippen molar-refractivity contribution < 1.29 is 19.5 Å². The second kappa shape index (κ2) is 5.41. The predicted molar refractivity (Wildman–Crippen MR) is 61.7 cm³/mol. The molecular formula is C9H11N3O4S. The molecule has 1 rings (SSSR count). The molecule has 1 aromatic heterocycles. The topological polar surface area (TPSA) is 136 Å². The smallest absolute Gasteiger partial charge is 0.305 e. The molecule has 2 amide bonds. The third-order valence-corrected chi connectivity index (χ3v) is 2.73. The second-order valence-electron chi connectivity index (χ2n) is 3.22. The first kappa shape index (κ1) is 13.1. The van der Waals surface area contributed by atoms with Gasteiger partial charge in [0.15, 0.2) is 0 Å². The normalized spacial score (nSPS) is 11.8. The minimum absolute atomic E-state index is 0.172. The van der Waals surface area contributed by atoms with Crippen LogP contribution in [-0.2, 0) is 9.59 Å². The molecule has 1 aromatic rings. The van der Waals surface area contributed by atoms with Crippen molar-refractivity contribution in [3.8, 4) is 0 Å². The number of hydrogen-bond donors (Lipinski definition) is 4. The van der Waals surface area contributed by atoms with Gasteiger partial charge in [0.2, 0.25) is 5.91 Å². The maximum absolute atomic E-state index is 11.5. The molecule has 7 nitrogen and oxygen atoms in total. The van der Waals surface area contributed by atoms with Gasteiger partial charge in [0.1, 0.15) is 5.00 Å². The summed E-state index contributed by atoms with van der Waals surface area (Å²) < 4.78 is 0. The summed E-state index contributed by atoms with van der Waals surface area (Å²) in [6, 6.07) is 0.293. The Labute approximate surface area is 100 Å². The standard InChI is InChI=1S/C9H11N3O4S/c10-5(3-6(13)14)8(16)12-9-4(7(11)15)1-2-17-9/h1-2,5H,3,10H2,(H2,11,15)(H,12,16)(H,13,14). The Bertz CT molecular complexity index is 457. The van der Waals surface area contributed by atoms with Gasteiger partial charge in [-0.1, -0.05) is 0 Å². The molecule has 1 atom stereocenters. The fraction of sp³-hybridized carbons (Fsp3) is 0.222. The molecule has 1 unspecified atom stereocenters. The highest BCUT2D eigenvalue weighted by Gasteiger charge is 2.19. The van der Waals surface area contributed by atoms with Crippen molar-refractivity contribution in [3.05, 3.63) is 17.0 Å². The number of primary amides is 1. The van der Waals surface area contributed by atoms with E-state index in [4.69, 9.17) is 16.6 Å². The number of aliphatic carboxylic acids is 1. The van der Waals surface area contributed by atoms with Crippen LogP contribution in [-0.4, -0.2) is 28.9 Å². The van der Waals surface area contributed by atoms with Gasteiger partial charge in [-0.15, -0.1) is 11.3 Å². The van der Waals surface area contributed by atoms with E-state index >= 15 is 0 Å². The van der Waals surface area contributed by atoms with Gasteiger partial charge in [-0.3, -0.25) is 14.4 Å². The first-order chi connectivity index (χ1) is 7.91. The summed E-state index contributed by atoms with van der Waals surface area (Å²) in [4.78, 5) is 32.8. The maximum atomic E-state index is 11.5. The molecule has 0 saturated carbocycles. The van der Waals surface area contributed by atoms with Crippen LogP contribution in [0.2, 0.25) is 0 Å². The van der Waals surface area contributed by atoms with Gasteiger partial charge in [0.05, 0.1) is 18.0 Å². The molecule has 1 heterocycles. The van der Waals surface area contributed by atoms with Crippen LogP contribution in [0.5, 0.6) is 0 Å². The Balaban J connectivity index is 2.71. The third kappa shape index (κ3) is 3.54. The van der Waals surface area contributed by atoms with Crippen LogP contribution in [0.25, 0.3) is 0 Å². The van der Waals surface area contributed by atoms with E-state index in [0.29, 0.717) is 0 Å². The van der Waals surface area contributed by atoms with Gasteiger partial charge < -0.3 is 21.9 Å². The van der Waals surface area contributed by atoms with Crippen LogP contribution in [0.4, 0.5) is 5.00 Å². The molecule has 92 valence electrons. The van der Waals surface area contributed by atoms with E-state index in [0.717, 1.165) is 11.3 Å². The highest BCUT2D eigenvalue weighted by atomic mass is 32.1. The summed E-state index contributed by atoms with van der Waals surface area (Å²) in [5.74, 6) is -2.51. The predicted octanol–water partition coefficient (Wildman–Crippen LogP) is -0.412. The molecule has 0 spiro atoms. The number of nitrogens with two attached hydrogens (primary N) is 2. The molecule has 0 bridgehead atoms. The summed E-state index contributed by atoms with van der Waals surface area (Å²) in [5, 5.41) is 12.7. The van der Waals surface area contributed by atoms with Crippen molar-refractivity contribution in [2.45, 2.75) is 12.5 Å². The summed E-state index contributed by atoms with van der Waals surface area (Å²) in [6.45, 7) is 0. The van der Waals surface area contributed by atoms with Gasteiger partial charge in [-0.05, 0) is 11.4 Å². The molecule has 0 radical (unpaired) electrons. The molecule has 0 aliphatic carbocycles. The lowest BCUT2D eigenvalue weighted by molar-refractivity contribution is -0.138. The summed E-state index contributed by atoms with van der Waals surface area (Å²) >= 11 is 1.11. The van der Waals surface area contributed by atoms with Gasteiger partial charge in [-0.2, -0.15) is 0 Å². The van der Waals surface area contributed by atoms with Crippen LogP contribution < -0.4 is 16.8 Å². The van der Waals surface area contributed by atoms with E-state index < -0.39 is 30.2 Å². The lowest BCUT2D eigenvalue weighted by Gasteiger charge is -2.09. The molecule has 0 aliphatic heterocycles. The number of hydrogen-bond acceptors (Lipinski definition) is 5. The van der Waals surface area contributed by atoms with Crippen LogP contribution in [0.1, 0.15) is 16.8 Å². The van der Waals surface area contributed by atoms with Gasteiger partial charge >= 0.3 is 5.97 Å². The number of amides is 2. The first-order valence-electron chi connectivity index (χ1n) is 4.57. The number of anilines is 1. The zero-order valence-corrected chi connectivity index (χ0v) is 9.49. The molecule has 0 aromatic carbocycles. The Morgan fingerprint density at radius 2 is 2.12 bits per heavy atom. The molecule has 0 saturated heterocycles. The van der Waals surface area contributed by atoms with E-state index in [1.54, 1.807) is 5.38 Å². The Hall–Kier alpha value is -1.93. The molecule has 0 fully saturated rings. The fourth-order valence-electron chi connectivity index (χ4n) is 1.09. The SMILES string of the molecule is NC(=O)c1ccsc1NC(=O)C(N)CC(=O)O. The Kier molecular flexibility index (Phi) is 4.18. The molecule has 8 heteroatoms. The Morgan fingerprint density at radius 3 is 2.65 bits per heavy atom. The van der Waals surface area contributed by atoms with E-state index in [1.165, 1.54) is 6.07 Å². The Morgan fingerprint density at radius 1 is 1.47 bits per heavy atom. The minimum Gasteiger partial charge on any atom is -0.481 e. The molecule has 6 N–H and O–H groups in total. The number of nitrogens with one attached hydrogen (secondary N) is 1. The van der Waals surface area contributed by atoms with E-state index in [-0.39, 0.29) is 10.6 Å². The zero-order chi connectivity index (χ0) is 13.0. The van der Waals surface area contributed by atoms with Crippen molar-refractivity contribution in [1.29, 1.82) is 0 Å². The molecule has 0 aliphatic rings. The van der Waals surface area contributed by atoms with Crippen molar-refractivity contribution in [2.24, 2.45) is 11.5 Å². The van der Waals surface area contributed by atoms with Gasteiger partial charge in [0.25, 0.3) is 5.91 Å². The second-order valence-corrected chi connectivity index (χ2v) is 4.14. The van der Waals surface area contributed by atoms with Crippen LogP contribution in [0.3, 0.4) is 0 Å². The van der Waals surface area contributed by atoms with Crippen LogP contribution in [0, 0.1) is 0 Å². The number of thiophene rings is 1. The lowest BCUT2D eigenvalue weighted by Crippen LogP contribution is -2.37. The summed E-state index contributed by atoms with van der Waals surface area (Å²) in [6.07, 6.45) is -0.483. The van der Waals surface area contributed by atoms with Crippen molar-refractivity contribution >= 4 is 34.1 Å². The highest BCUT2D eigenvalue weighted by Crippen LogP contribution is 2.22. The maximum Gasteiger partial charge on any atom is 0.305 e. The van der Waals surface area contributed by atoms with Gasteiger partial charge in [0, 0.05) is 0 Å². The van der Waals surface area contributed by atoms with E-state index in [1.807, 2.05) is 0 Å². The number of carbonyl (C=O) groups excluding carboxylic acids is 2. The number of carboxylic acids is 1. The fourth-order valence-corrected chi connectivity index (χ4v) is 1.88. The zero-order valence-electron chi connectivity index (χ0n) is 8.67. The van der Waals surface area contributed by atoms with Gasteiger partial charge in [-0.25, -0.2) is 0 Å². The molecule has 17 heavy (non-hydrogen) atoms. The van der Waals surface area contributed by atoms with Crippen LogP contribution in [0.15, 0.2) is 11.4 Å². The first-order valence-corrected chi connectivity index (χ1v) is 5.45. The van der Waals surface area contributed by atoms with E-state index in [2.05, 4.69) is 5.32 Å². The number of rotatable bonds is 5. The van der Waals surface area contributed by atoms with Crippen molar-refractivity contribution in [2.75, 3.05) is 5.32 Å². The largest absolute Gasteiger partial charge is 0.481 e. The average Bonchev–Trinajstić information content (AvgIpc) is 2.64. The summed E-state index contributed by atoms with van der Waals surface area (Å²) in [5.41, 5.74) is 10.6. The van der Waals surface area contributed by atoms with Crippen LogP contribution >= 0.6 is 11.3 Å². The average molecular weight is 257 g/mol. The summed E-state index contributed by atoms with van der Waals surface area (Å²) in [7, 11) is 0. The third-order valence-electron chi connectivity index (χ3n) is 1.90. The molecular weight excluding hydrogens is 246 g/mol. The number of carboxylic acid groups (broad SMARTS) is 1. The van der Waals surface area contributed by atoms with Crippen molar-refractivity contribution in [3.63, 3.8) is 0 Å². The lowest BCUT2D eigenvalue weighted by atomic mass is 10.2. The highest BCUT2D eigenvalue weighted by molar-refractivity contribution is 7.14. The van der Waals surface area contributed by atoms with E-state index in [9.17, 15) is 14.4 Å². The monoisotopic (exact) mass is 257 g/mol.